The van der Waals surface area contributed by atoms with E-state index in [1.807, 2.05) is 53.1 Å². The molecule has 5 heteroatoms. The maximum Gasteiger partial charge on any atom is 0.232 e. The number of carbonyl (C=O) groups is 1. The zero-order valence-electron chi connectivity index (χ0n) is 16.4. The van der Waals surface area contributed by atoms with E-state index < -0.39 is 0 Å². The molecule has 0 aliphatic rings. The van der Waals surface area contributed by atoms with Crippen molar-refractivity contribution in [1.82, 2.24) is 9.55 Å². The summed E-state index contributed by atoms with van der Waals surface area (Å²) in [5, 5.41) is 12.2. The third-order valence-electron chi connectivity index (χ3n) is 4.98. The summed E-state index contributed by atoms with van der Waals surface area (Å²) in [4.78, 5) is 17.7. The van der Waals surface area contributed by atoms with E-state index >= 15 is 0 Å². The highest BCUT2D eigenvalue weighted by atomic mass is 32.2. The second kappa shape index (κ2) is 8.10. The van der Waals surface area contributed by atoms with Gasteiger partial charge in [-0.3, -0.25) is 9.36 Å². The number of rotatable bonds is 5. The van der Waals surface area contributed by atoms with Crippen LogP contribution in [-0.4, -0.2) is 21.2 Å². The van der Waals surface area contributed by atoms with E-state index in [-0.39, 0.29) is 5.91 Å². The minimum atomic E-state index is 0.0495. The number of thioether (sulfide) groups is 1. The van der Waals surface area contributed by atoms with Crippen LogP contribution in [-0.2, 0) is 0 Å². The lowest BCUT2D eigenvalue weighted by molar-refractivity contribution is 0.0920. The number of hydrogen-bond acceptors (Lipinski definition) is 4. The molecule has 0 saturated heterocycles. The first-order valence-electron chi connectivity index (χ1n) is 9.65. The fraction of sp³-hybridized carbons (Fsp3) is 0.208. The molecule has 0 bridgehead atoms. The van der Waals surface area contributed by atoms with Crippen LogP contribution in [0.25, 0.3) is 21.8 Å². The van der Waals surface area contributed by atoms with Gasteiger partial charge in [0.05, 0.1) is 16.6 Å². The summed E-state index contributed by atoms with van der Waals surface area (Å²) in [6, 6.07) is 21.9. The Kier molecular flexibility index (Phi) is 5.37. The predicted octanol–water partition coefficient (Wildman–Crippen LogP) is 6.01. The van der Waals surface area contributed by atoms with Crippen molar-refractivity contribution < 1.29 is 4.79 Å². The Balaban J connectivity index is 1.59. The Bertz CT molecular complexity index is 1200. The van der Waals surface area contributed by atoms with Gasteiger partial charge in [0.15, 0.2) is 0 Å². The van der Waals surface area contributed by atoms with Crippen LogP contribution in [0.15, 0.2) is 65.7 Å². The van der Waals surface area contributed by atoms with Gasteiger partial charge in [0.2, 0.25) is 5.91 Å². The number of aromatic nitrogens is 2. The second-order valence-corrected chi connectivity index (χ2v) is 8.30. The van der Waals surface area contributed by atoms with Gasteiger partial charge < -0.3 is 0 Å². The molecule has 0 N–H and O–H groups in total. The number of nitrogens with zero attached hydrogens (tertiary/aromatic N) is 3. The van der Waals surface area contributed by atoms with Gasteiger partial charge in [0, 0.05) is 28.6 Å². The molecule has 4 nitrogen and oxygen atoms in total. The molecule has 2 aromatic heterocycles. The molecule has 2 heterocycles. The van der Waals surface area contributed by atoms with Gasteiger partial charge in [-0.15, -0.1) is 11.8 Å². The molecular formula is C24H21N3OS. The van der Waals surface area contributed by atoms with Crippen LogP contribution in [0.5, 0.6) is 0 Å². The van der Waals surface area contributed by atoms with E-state index in [9.17, 15) is 10.1 Å². The molecule has 0 amide bonds. The first-order valence-corrected chi connectivity index (χ1v) is 10.6. The first kappa shape index (κ1) is 19.2. The topological polar surface area (TPSA) is 58.7 Å². The van der Waals surface area contributed by atoms with Crippen molar-refractivity contribution >= 4 is 39.5 Å². The quantitative estimate of drug-likeness (QED) is 0.386. The van der Waals surface area contributed by atoms with Crippen molar-refractivity contribution in [2.24, 2.45) is 0 Å². The Morgan fingerprint density at radius 1 is 1.03 bits per heavy atom. The van der Waals surface area contributed by atoms with Gasteiger partial charge in [-0.05, 0) is 30.2 Å². The van der Waals surface area contributed by atoms with Crippen LogP contribution in [0.1, 0.15) is 42.2 Å². The Morgan fingerprint density at radius 2 is 1.66 bits per heavy atom. The lowest BCUT2D eigenvalue weighted by atomic mass is 10.1. The molecule has 0 spiro atoms. The van der Waals surface area contributed by atoms with Crippen LogP contribution in [0.2, 0.25) is 0 Å². The number of pyridine rings is 1. The fourth-order valence-corrected chi connectivity index (χ4v) is 4.42. The van der Waals surface area contributed by atoms with Gasteiger partial charge in [-0.25, -0.2) is 4.98 Å². The minimum Gasteiger partial charge on any atom is -0.280 e. The number of benzene rings is 2. The van der Waals surface area contributed by atoms with Gasteiger partial charge in [-0.2, -0.15) is 5.26 Å². The third kappa shape index (κ3) is 3.64. The van der Waals surface area contributed by atoms with Crippen molar-refractivity contribution in [3.05, 3.63) is 71.9 Å². The number of hydrogen-bond donors (Lipinski definition) is 0. The molecule has 0 radical (unpaired) electrons. The van der Waals surface area contributed by atoms with Crippen molar-refractivity contribution in [2.75, 3.05) is 5.75 Å². The van der Waals surface area contributed by atoms with E-state index in [4.69, 9.17) is 0 Å². The monoisotopic (exact) mass is 399 g/mol. The third-order valence-corrected chi connectivity index (χ3v) is 5.97. The number of nitriles is 1. The molecule has 0 saturated carbocycles. The maximum atomic E-state index is 13.1. The van der Waals surface area contributed by atoms with Crippen molar-refractivity contribution in [3.8, 4) is 6.07 Å². The summed E-state index contributed by atoms with van der Waals surface area (Å²) in [5.74, 6) is 0.915. The van der Waals surface area contributed by atoms with Crippen LogP contribution >= 0.6 is 11.8 Å². The Labute approximate surface area is 174 Å². The highest BCUT2D eigenvalue weighted by Gasteiger charge is 2.16. The van der Waals surface area contributed by atoms with Gasteiger partial charge >= 0.3 is 0 Å². The molecule has 0 fully saturated rings. The average molecular weight is 400 g/mol. The SMILES string of the molecule is CC(C)c1ccc(C#N)c(SCCC(=O)n2c3ccccc3c3ccccc32)n1. The lowest BCUT2D eigenvalue weighted by Crippen LogP contribution is -2.11. The summed E-state index contributed by atoms with van der Waals surface area (Å²) in [6.45, 7) is 4.16. The summed E-state index contributed by atoms with van der Waals surface area (Å²) in [7, 11) is 0. The fourth-order valence-electron chi connectivity index (χ4n) is 3.51. The highest BCUT2D eigenvalue weighted by Crippen LogP contribution is 2.30. The molecule has 0 aliphatic carbocycles. The molecule has 0 aliphatic heterocycles. The Morgan fingerprint density at radius 3 is 2.24 bits per heavy atom. The van der Waals surface area contributed by atoms with Gasteiger partial charge in [-0.1, -0.05) is 50.2 Å². The maximum absolute atomic E-state index is 13.1. The van der Waals surface area contributed by atoms with Gasteiger partial charge in [0.1, 0.15) is 11.1 Å². The zero-order chi connectivity index (χ0) is 20.4. The molecule has 29 heavy (non-hydrogen) atoms. The van der Waals surface area contributed by atoms with Crippen LogP contribution in [0, 0.1) is 11.3 Å². The molecule has 2 aromatic carbocycles. The molecule has 4 rings (SSSR count). The standard InChI is InChI=1S/C24H21N3OS/c1-16(2)20-12-11-17(15-25)24(26-20)29-14-13-23(28)27-21-9-5-3-7-18(21)19-8-4-6-10-22(19)27/h3-12,16H,13-14H2,1-2H3. The van der Waals surface area contributed by atoms with Crippen LogP contribution in [0.3, 0.4) is 0 Å². The molecule has 144 valence electrons. The van der Waals surface area contributed by atoms with Crippen LogP contribution < -0.4 is 0 Å². The van der Waals surface area contributed by atoms with Gasteiger partial charge in [0.25, 0.3) is 0 Å². The first-order chi connectivity index (χ1) is 14.1. The second-order valence-electron chi connectivity index (χ2n) is 7.22. The lowest BCUT2D eigenvalue weighted by Gasteiger charge is -2.09. The predicted molar refractivity (Wildman–Crippen MR) is 118 cm³/mol. The van der Waals surface area contributed by atoms with Crippen molar-refractivity contribution in [2.45, 2.75) is 31.2 Å². The number of fused-ring (bicyclic) bond motifs is 3. The highest BCUT2D eigenvalue weighted by molar-refractivity contribution is 7.99. The van der Waals surface area contributed by atoms with E-state index in [0.717, 1.165) is 27.5 Å². The molecule has 0 unspecified atom stereocenters. The summed E-state index contributed by atoms with van der Waals surface area (Å²) in [5.41, 5.74) is 3.38. The normalized spacial score (nSPS) is 11.2. The largest absolute Gasteiger partial charge is 0.280 e. The van der Waals surface area contributed by atoms with E-state index in [0.29, 0.717) is 28.7 Å². The number of carbonyl (C=O) groups excluding carboxylic acids is 1. The van der Waals surface area contributed by atoms with E-state index in [1.54, 1.807) is 0 Å². The van der Waals surface area contributed by atoms with Crippen molar-refractivity contribution in [1.29, 1.82) is 5.26 Å². The number of para-hydroxylation sites is 2. The Hall–Kier alpha value is -3.10. The summed E-state index contributed by atoms with van der Waals surface area (Å²) in [6.07, 6.45) is 0.367. The van der Waals surface area contributed by atoms with Crippen LogP contribution in [0.4, 0.5) is 0 Å². The summed E-state index contributed by atoms with van der Waals surface area (Å²) >= 11 is 1.47. The molecular weight excluding hydrogens is 378 g/mol. The zero-order valence-corrected chi connectivity index (χ0v) is 17.2. The minimum absolute atomic E-state index is 0.0495. The summed E-state index contributed by atoms with van der Waals surface area (Å²) < 4.78 is 1.81. The van der Waals surface area contributed by atoms with E-state index in [2.05, 4.69) is 37.0 Å². The average Bonchev–Trinajstić information content (AvgIpc) is 3.08. The van der Waals surface area contributed by atoms with E-state index in [1.165, 1.54) is 11.8 Å². The molecule has 0 atom stereocenters. The van der Waals surface area contributed by atoms with Crippen molar-refractivity contribution in [3.63, 3.8) is 0 Å². The smallest absolute Gasteiger partial charge is 0.232 e. The molecule has 4 aromatic rings.